The molecule has 0 saturated carbocycles. The van der Waals surface area contributed by atoms with E-state index in [1.54, 1.807) is 6.07 Å². The molecule has 6 nitrogen and oxygen atoms in total. The molecule has 0 bridgehead atoms. The Kier molecular flexibility index (Phi) is 4.54. The maximum absolute atomic E-state index is 11.9. The summed E-state index contributed by atoms with van der Waals surface area (Å²) in [4.78, 5) is 21.9. The highest BCUT2D eigenvalue weighted by molar-refractivity contribution is 9.10. The fourth-order valence-electron chi connectivity index (χ4n) is 1.72. The maximum atomic E-state index is 11.9. The first-order valence-corrected chi connectivity index (χ1v) is 6.83. The highest BCUT2D eigenvalue weighted by Crippen LogP contribution is 2.20. The highest BCUT2D eigenvalue weighted by atomic mass is 79.9. The third-order valence-electron chi connectivity index (χ3n) is 2.77. The van der Waals surface area contributed by atoms with Crippen molar-refractivity contribution < 1.29 is 9.72 Å². The van der Waals surface area contributed by atoms with Crippen molar-refractivity contribution in [2.45, 2.75) is 6.92 Å². The van der Waals surface area contributed by atoms with Crippen molar-refractivity contribution in [3.63, 3.8) is 0 Å². The second-order valence-corrected chi connectivity index (χ2v) is 5.26. The lowest BCUT2D eigenvalue weighted by Gasteiger charge is -2.10. The van der Waals surface area contributed by atoms with Crippen molar-refractivity contribution in [1.29, 1.82) is 0 Å². The van der Waals surface area contributed by atoms with E-state index in [1.165, 1.54) is 24.3 Å². The number of carbonyl (C=O) groups is 1. The van der Waals surface area contributed by atoms with Crippen LogP contribution >= 0.6 is 15.9 Å². The van der Waals surface area contributed by atoms with E-state index in [0.717, 1.165) is 10.0 Å². The molecule has 0 saturated heterocycles. The minimum absolute atomic E-state index is 0.0234. The summed E-state index contributed by atoms with van der Waals surface area (Å²) in [6.45, 7) is 1.88. The number of nitro groups is 1. The quantitative estimate of drug-likeness (QED) is 0.639. The minimum atomic E-state index is -0.491. The summed E-state index contributed by atoms with van der Waals surface area (Å²) in [5, 5.41) is 15.9. The van der Waals surface area contributed by atoms with Crippen molar-refractivity contribution in [2.75, 3.05) is 10.6 Å². The molecule has 2 N–H and O–H groups in total. The molecule has 0 aliphatic carbocycles. The lowest BCUT2D eigenvalue weighted by molar-refractivity contribution is -0.384. The molecular weight excluding hydrogens is 338 g/mol. The van der Waals surface area contributed by atoms with Gasteiger partial charge in [0.15, 0.2) is 0 Å². The smallest absolute Gasteiger partial charge is 0.308 e. The number of carbonyl (C=O) groups excluding carboxylic acids is 1. The zero-order valence-electron chi connectivity index (χ0n) is 11.1. The number of hydrogen-bond acceptors (Lipinski definition) is 3. The number of benzene rings is 2. The van der Waals surface area contributed by atoms with E-state index in [4.69, 9.17) is 0 Å². The van der Waals surface area contributed by atoms with Gasteiger partial charge in [0.2, 0.25) is 0 Å². The van der Waals surface area contributed by atoms with Gasteiger partial charge in [-0.2, -0.15) is 0 Å². The van der Waals surface area contributed by atoms with Crippen LogP contribution in [0, 0.1) is 17.0 Å². The van der Waals surface area contributed by atoms with Crippen LogP contribution in [-0.4, -0.2) is 11.0 Å². The molecule has 0 aliphatic rings. The van der Waals surface area contributed by atoms with Crippen molar-refractivity contribution in [1.82, 2.24) is 0 Å². The average Bonchev–Trinajstić information content (AvgIpc) is 2.42. The first-order chi connectivity index (χ1) is 9.95. The first-order valence-electron chi connectivity index (χ1n) is 6.04. The van der Waals surface area contributed by atoms with Crippen LogP contribution in [0.2, 0.25) is 0 Å². The van der Waals surface area contributed by atoms with Gasteiger partial charge in [-0.25, -0.2) is 4.79 Å². The molecule has 0 unspecified atom stereocenters. The molecule has 0 aromatic heterocycles. The Morgan fingerprint density at radius 1 is 1.14 bits per heavy atom. The molecule has 2 rings (SSSR count). The number of nitrogens with zero attached hydrogens (tertiary/aromatic N) is 1. The van der Waals surface area contributed by atoms with Crippen LogP contribution < -0.4 is 10.6 Å². The van der Waals surface area contributed by atoms with Gasteiger partial charge in [0.25, 0.3) is 5.69 Å². The topological polar surface area (TPSA) is 84.3 Å². The van der Waals surface area contributed by atoms with Gasteiger partial charge < -0.3 is 10.6 Å². The van der Waals surface area contributed by atoms with E-state index >= 15 is 0 Å². The number of halogens is 1. The van der Waals surface area contributed by atoms with Gasteiger partial charge in [0.1, 0.15) is 0 Å². The summed E-state index contributed by atoms with van der Waals surface area (Å²) in [5.74, 6) is 0. The number of urea groups is 1. The monoisotopic (exact) mass is 349 g/mol. The Bertz CT molecular complexity index is 686. The Labute approximate surface area is 129 Å². The SMILES string of the molecule is Cc1cc(Br)ccc1NC(=O)Nc1ccc([N+](=O)[O-])cc1. The van der Waals surface area contributed by atoms with Crippen molar-refractivity contribution in [3.05, 3.63) is 62.6 Å². The average molecular weight is 350 g/mol. The molecule has 0 aliphatic heterocycles. The molecule has 0 atom stereocenters. The molecule has 7 heteroatoms. The van der Waals surface area contributed by atoms with Gasteiger partial charge in [0.05, 0.1) is 4.92 Å². The van der Waals surface area contributed by atoms with E-state index in [9.17, 15) is 14.9 Å². The van der Waals surface area contributed by atoms with E-state index < -0.39 is 11.0 Å². The van der Waals surface area contributed by atoms with Crippen LogP contribution in [-0.2, 0) is 0 Å². The summed E-state index contributed by atoms with van der Waals surface area (Å²) in [7, 11) is 0. The van der Waals surface area contributed by atoms with Gasteiger partial charge in [-0.3, -0.25) is 10.1 Å². The van der Waals surface area contributed by atoms with Crippen LogP contribution in [0.5, 0.6) is 0 Å². The van der Waals surface area contributed by atoms with Crippen LogP contribution in [0.25, 0.3) is 0 Å². The van der Waals surface area contributed by atoms with Crippen LogP contribution in [0.15, 0.2) is 46.9 Å². The summed E-state index contributed by atoms with van der Waals surface area (Å²) >= 11 is 3.35. The maximum Gasteiger partial charge on any atom is 0.323 e. The number of aryl methyl sites for hydroxylation is 1. The summed E-state index contributed by atoms with van der Waals surface area (Å²) in [6, 6.07) is 10.7. The normalized spacial score (nSPS) is 10.0. The van der Waals surface area contributed by atoms with Gasteiger partial charge in [-0.15, -0.1) is 0 Å². The standard InChI is InChI=1S/C14H12BrN3O3/c1-9-8-10(15)2-7-13(9)17-14(19)16-11-3-5-12(6-4-11)18(20)21/h2-8H,1H3,(H2,16,17,19). The lowest BCUT2D eigenvalue weighted by Crippen LogP contribution is -2.19. The first kappa shape index (κ1) is 15.0. The molecule has 2 amide bonds. The second kappa shape index (κ2) is 6.36. The Balaban J connectivity index is 2.02. The summed E-state index contributed by atoms with van der Waals surface area (Å²) < 4.78 is 0.932. The fourth-order valence-corrected chi connectivity index (χ4v) is 2.19. The number of nitro benzene ring substituents is 1. The van der Waals surface area contributed by atoms with E-state index in [-0.39, 0.29) is 5.69 Å². The number of anilines is 2. The Hall–Kier alpha value is -2.41. The number of amides is 2. The van der Waals surface area contributed by atoms with Gasteiger partial charge in [-0.1, -0.05) is 15.9 Å². The minimum Gasteiger partial charge on any atom is -0.308 e. The molecular formula is C14H12BrN3O3. The van der Waals surface area contributed by atoms with E-state index in [2.05, 4.69) is 26.6 Å². The molecule has 108 valence electrons. The van der Waals surface area contributed by atoms with E-state index in [0.29, 0.717) is 11.4 Å². The second-order valence-electron chi connectivity index (χ2n) is 4.34. The van der Waals surface area contributed by atoms with Gasteiger partial charge >= 0.3 is 6.03 Å². The van der Waals surface area contributed by atoms with Gasteiger partial charge in [0, 0.05) is 28.0 Å². The number of rotatable bonds is 3. The highest BCUT2D eigenvalue weighted by Gasteiger charge is 2.07. The third-order valence-corrected chi connectivity index (χ3v) is 3.27. The van der Waals surface area contributed by atoms with Crippen molar-refractivity contribution in [3.8, 4) is 0 Å². The van der Waals surface area contributed by atoms with E-state index in [1.807, 2.05) is 19.1 Å². The number of hydrogen-bond donors (Lipinski definition) is 2. The van der Waals surface area contributed by atoms with Crippen molar-refractivity contribution >= 4 is 39.0 Å². The summed E-state index contributed by atoms with van der Waals surface area (Å²) in [6.07, 6.45) is 0. The van der Waals surface area contributed by atoms with Crippen LogP contribution in [0.1, 0.15) is 5.56 Å². The zero-order chi connectivity index (χ0) is 15.4. The van der Waals surface area contributed by atoms with Gasteiger partial charge in [-0.05, 0) is 42.8 Å². The predicted octanol–water partition coefficient (Wildman–Crippen LogP) is 4.31. The number of nitrogens with one attached hydrogen (secondary N) is 2. The molecule has 0 radical (unpaired) electrons. The molecule has 0 heterocycles. The predicted molar refractivity (Wildman–Crippen MR) is 84.6 cm³/mol. The van der Waals surface area contributed by atoms with Crippen LogP contribution in [0.3, 0.4) is 0 Å². The largest absolute Gasteiger partial charge is 0.323 e. The molecule has 21 heavy (non-hydrogen) atoms. The molecule has 0 fully saturated rings. The zero-order valence-corrected chi connectivity index (χ0v) is 12.7. The number of non-ortho nitro benzene ring substituents is 1. The lowest BCUT2D eigenvalue weighted by atomic mass is 10.2. The van der Waals surface area contributed by atoms with Crippen molar-refractivity contribution in [2.24, 2.45) is 0 Å². The molecule has 2 aromatic rings. The Morgan fingerprint density at radius 3 is 2.38 bits per heavy atom. The Morgan fingerprint density at radius 2 is 1.81 bits per heavy atom. The molecule has 0 spiro atoms. The fraction of sp³-hybridized carbons (Fsp3) is 0.0714. The molecule has 2 aromatic carbocycles. The summed E-state index contributed by atoms with van der Waals surface area (Å²) in [5.41, 5.74) is 2.07. The third kappa shape index (κ3) is 4.03. The van der Waals surface area contributed by atoms with Crippen LogP contribution in [0.4, 0.5) is 21.9 Å².